The lowest BCUT2D eigenvalue weighted by Crippen LogP contribution is -1.97. The highest BCUT2D eigenvalue weighted by Crippen LogP contribution is 2.49. The number of H-pyrrole nitrogens is 1. The van der Waals surface area contributed by atoms with E-state index >= 15 is 0 Å². The number of halogens is 3. The van der Waals surface area contributed by atoms with E-state index in [1.165, 1.54) is 155 Å². The van der Waals surface area contributed by atoms with Crippen LogP contribution in [0, 0.1) is 42.0 Å². The summed E-state index contributed by atoms with van der Waals surface area (Å²) in [5.74, 6) is -0.980. The van der Waals surface area contributed by atoms with E-state index in [1.54, 1.807) is 36.4 Å². The van der Waals surface area contributed by atoms with Gasteiger partial charge in [-0.15, -0.1) is 34.0 Å². The van der Waals surface area contributed by atoms with Gasteiger partial charge in [-0.1, -0.05) is 218 Å². The molecule has 16 aromatic carbocycles. The summed E-state index contributed by atoms with van der Waals surface area (Å²) in [4.78, 5) is 35.0. The number of aromatic nitrogens is 3. The summed E-state index contributed by atoms with van der Waals surface area (Å²) >= 11 is 8.52. The molecule has 552 valence electrons. The van der Waals surface area contributed by atoms with Crippen molar-refractivity contribution in [2.75, 3.05) is 0 Å². The van der Waals surface area contributed by atoms with Crippen molar-refractivity contribution in [2.45, 2.75) is 6.42 Å². The summed E-state index contributed by atoms with van der Waals surface area (Å²) in [6.45, 7) is 0. The topological polar surface area (TPSA) is 155 Å². The van der Waals surface area contributed by atoms with Gasteiger partial charge in [0.15, 0.2) is 0 Å². The van der Waals surface area contributed by atoms with Crippen molar-refractivity contribution in [3.63, 3.8) is 0 Å². The summed E-state index contributed by atoms with van der Waals surface area (Å²) in [5, 5.41) is 48.4. The van der Waals surface area contributed by atoms with Gasteiger partial charge in [0, 0.05) is 139 Å². The van der Waals surface area contributed by atoms with Crippen LogP contribution in [0.2, 0.25) is 0 Å². The Kier molecular flexibility index (Phi) is 18.4. The van der Waals surface area contributed by atoms with Crippen molar-refractivity contribution < 1.29 is 23.6 Å². The van der Waals surface area contributed by atoms with E-state index in [4.69, 9.17) is 0 Å². The van der Waals surface area contributed by atoms with Crippen LogP contribution in [0.4, 0.5) is 25.8 Å². The Morgan fingerprint density at radius 2 is 0.739 bits per heavy atom. The second kappa shape index (κ2) is 29.7. The number of fused-ring (bicyclic) bond motifs is 24. The Morgan fingerprint density at radius 1 is 0.322 bits per heavy atom. The SMILES string of the molecule is O=[N+]([O-])c1ccc(-n2c3ccccc3c3c4sc5ccccc5c4ccc32)cc1-c1ccccc1.O=[N+]([O-])c1ccc(F)cc1-c1ccccc1.O=[N+]([O-])c1ccc(F)cc1Br.c1ccc2c(c1)Cc1ccc3c(sc4ccccc43)c1-2.c1ccc2c(c1)[nH]c1ccc(-n3c4ccccc4c4c5sc6ccccc6c5ccc43)cc12. The van der Waals surface area contributed by atoms with Gasteiger partial charge >= 0.3 is 0 Å². The van der Waals surface area contributed by atoms with Gasteiger partial charge in [0.05, 0.1) is 52.4 Å². The number of para-hydroxylation sites is 3. The number of nitro groups is 3. The molecule has 22 aromatic rings. The summed E-state index contributed by atoms with van der Waals surface area (Å²) in [6, 6.07) is 111. The van der Waals surface area contributed by atoms with Gasteiger partial charge in [0.2, 0.25) is 0 Å². The van der Waals surface area contributed by atoms with E-state index in [9.17, 15) is 39.1 Å². The fourth-order valence-corrected chi connectivity index (χ4v) is 20.5. The molecule has 6 heterocycles. The summed E-state index contributed by atoms with van der Waals surface area (Å²) in [5.41, 5.74) is 17.2. The van der Waals surface area contributed by atoms with Gasteiger partial charge in [-0.25, -0.2) is 8.78 Å². The van der Waals surface area contributed by atoms with Gasteiger partial charge in [0.1, 0.15) is 11.6 Å². The summed E-state index contributed by atoms with van der Waals surface area (Å²) < 4.78 is 38.3. The molecule has 0 saturated heterocycles. The third-order valence-corrected chi connectivity index (χ3v) is 25.5. The van der Waals surface area contributed by atoms with E-state index in [1.807, 2.05) is 82.5 Å². The van der Waals surface area contributed by atoms with E-state index in [0.29, 0.717) is 16.7 Å². The third-order valence-electron chi connectivity index (χ3n) is 21.3. The van der Waals surface area contributed by atoms with Crippen molar-refractivity contribution in [3.05, 3.63) is 397 Å². The minimum absolute atomic E-state index is 0.0902. The molecule has 0 saturated carbocycles. The Morgan fingerprint density at radius 3 is 1.30 bits per heavy atom. The number of aromatic amines is 1. The van der Waals surface area contributed by atoms with Crippen LogP contribution in [0.5, 0.6) is 0 Å². The number of benzene rings is 16. The van der Waals surface area contributed by atoms with Crippen LogP contribution < -0.4 is 0 Å². The fourth-order valence-electron chi connectivity index (χ4n) is 16.2. The number of nitrogens with zero attached hydrogens (tertiary/aromatic N) is 5. The number of hydrogen-bond donors (Lipinski definition) is 1. The van der Waals surface area contributed by atoms with Crippen LogP contribution in [-0.2, 0) is 6.42 Å². The first-order valence-corrected chi connectivity index (χ1v) is 40.1. The number of nitro benzene ring substituents is 3. The Bertz CT molecular complexity index is 7700. The van der Waals surface area contributed by atoms with Crippen LogP contribution in [0.25, 0.3) is 171 Å². The average molecular weight is 1620 g/mol. The third kappa shape index (κ3) is 12.8. The normalized spacial score (nSPS) is 11.6. The smallest absolute Gasteiger partial charge is 0.283 e. The van der Waals surface area contributed by atoms with Crippen molar-refractivity contribution in [3.8, 4) is 44.8 Å². The molecule has 23 rings (SSSR count). The van der Waals surface area contributed by atoms with Gasteiger partial charge in [-0.2, -0.15) is 0 Å². The summed E-state index contributed by atoms with van der Waals surface area (Å²) in [7, 11) is 0. The molecule has 6 aromatic heterocycles. The Labute approximate surface area is 674 Å². The lowest BCUT2D eigenvalue weighted by Gasteiger charge is -2.11. The zero-order valence-corrected chi connectivity index (χ0v) is 64.6. The molecule has 0 amide bonds. The van der Waals surface area contributed by atoms with Crippen LogP contribution in [-0.4, -0.2) is 28.9 Å². The molecule has 18 heteroatoms. The largest absolute Gasteiger partial charge is 0.355 e. The van der Waals surface area contributed by atoms with Crippen LogP contribution in [0.15, 0.2) is 344 Å². The maximum atomic E-state index is 13.1. The predicted molar refractivity (Wildman–Crippen MR) is 476 cm³/mol. The lowest BCUT2D eigenvalue weighted by atomic mass is 10.0. The summed E-state index contributed by atoms with van der Waals surface area (Å²) in [6.07, 6.45) is 1.08. The molecule has 115 heavy (non-hydrogen) atoms. The molecule has 12 nitrogen and oxygen atoms in total. The van der Waals surface area contributed by atoms with Crippen molar-refractivity contribution >= 4 is 193 Å². The molecule has 0 fully saturated rings. The molecule has 0 radical (unpaired) electrons. The molecule has 1 N–H and O–H groups in total. The van der Waals surface area contributed by atoms with Gasteiger partial charge in [0.25, 0.3) is 17.1 Å². The highest BCUT2D eigenvalue weighted by molar-refractivity contribution is 9.10. The number of nitrogens with one attached hydrogen (secondary N) is 1. The standard InChI is InChI=1S/C30H18N2O2S.C30H18N2S.C19H12S.C12H8FNO2.C6H3BrFNO2/c33-32(34)26-16-14-20(18-24(26)19-8-2-1-3-9-19)31-25-12-6-4-11-23(25)29-27(31)17-15-22-21-10-5-7-13-28(21)35-30(22)29;1-4-10-24-19(7-1)23-17-18(13-15-25(23)31-24)32-26-11-5-2-9-22(26)29-27(32)16-14-21-20-8-3-6-12-28(20)33-30(21)29;1-2-6-14-12(5-1)11-13-9-10-16-15-7-3-4-8-17(15)20-19(16)18(13)14;13-10-6-7-12(14(15)16)11(8-10)9-4-2-1-3-5-9;7-5-3-4(8)1-2-6(5)9(10)11/h1-18H;1-17,31H;1-10H,11H2;1-8H;1-3H. The first-order valence-electron chi connectivity index (χ1n) is 36.9. The number of rotatable bonds is 7. The number of thiophene rings is 3. The van der Waals surface area contributed by atoms with Crippen LogP contribution >= 0.6 is 49.9 Å². The van der Waals surface area contributed by atoms with Gasteiger partial charge in [-0.3, -0.25) is 30.3 Å². The molecule has 0 spiro atoms. The molecule has 0 bridgehead atoms. The highest BCUT2D eigenvalue weighted by Gasteiger charge is 2.26. The van der Waals surface area contributed by atoms with Crippen LogP contribution in [0.1, 0.15) is 11.1 Å². The van der Waals surface area contributed by atoms with E-state index in [0.717, 1.165) is 53.0 Å². The minimum atomic E-state index is -0.580. The minimum Gasteiger partial charge on any atom is -0.355 e. The number of hydrogen-bond acceptors (Lipinski definition) is 9. The van der Waals surface area contributed by atoms with E-state index < -0.39 is 21.5 Å². The monoisotopic (exact) mass is 1620 g/mol. The Hall–Kier alpha value is -13.9. The zero-order valence-electron chi connectivity index (χ0n) is 60.6. The molecule has 0 aliphatic heterocycles. The van der Waals surface area contributed by atoms with Crippen molar-refractivity contribution in [1.29, 1.82) is 0 Å². The van der Waals surface area contributed by atoms with Gasteiger partial charge in [-0.05, 0) is 153 Å². The van der Waals surface area contributed by atoms with Crippen molar-refractivity contribution in [1.82, 2.24) is 14.1 Å². The molecule has 1 aliphatic rings. The molecule has 0 unspecified atom stereocenters. The van der Waals surface area contributed by atoms with Gasteiger partial charge < -0.3 is 14.1 Å². The molecular formula is C97H59BrF2N6O6S3. The Balaban J connectivity index is 0.000000102. The molecular weight excluding hydrogens is 1560 g/mol. The second-order valence-electron chi connectivity index (χ2n) is 27.8. The average Bonchev–Trinajstić information content (AvgIpc) is 1.68. The van der Waals surface area contributed by atoms with E-state index in [-0.39, 0.29) is 26.5 Å². The highest BCUT2D eigenvalue weighted by atomic mass is 79.9. The van der Waals surface area contributed by atoms with Crippen molar-refractivity contribution in [2.24, 2.45) is 0 Å². The molecule has 0 atom stereocenters. The zero-order chi connectivity index (χ0) is 78.1. The maximum Gasteiger partial charge on any atom is 0.283 e. The fraction of sp³-hybridized carbons (Fsp3) is 0.0103. The quantitative estimate of drug-likeness (QED) is 0.124. The molecule has 1 aliphatic carbocycles. The second-order valence-corrected chi connectivity index (χ2v) is 31.9. The maximum absolute atomic E-state index is 13.1. The predicted octanol–water partition coefficient (Wildman–Crippen LogP) is 29.0. The first kappa shape index (κ1) is 71.4. The lowest BCUT2D eigenvalue weighted by molar-refractivity contribution is -0.385. The first-order chi connectivity index (χ1) is 56.3. The van der Waals surface area contributed by atoms with Crippen LogP contribution in [0.3, 0.4) is 0 Å². The van der Waals surface area contributed by atoms with E-state index in [2.05, 4.69) is 248 Å².